The minimum absolute atomic E-state index is 0.503. The topological polar surface area (TPSA) is 40.5 Å². The summed E-state index contributed by atoms with van der Waals surface area (Å²) in [4.78, 5) is 0. The van der Waals surface area contributed by atoms with E-state index in [2.05, 4.69) is 13.8 Å². The molecule has 0 heterocycles. The second kappa shape index (κ2) is 5.86. The third-order valence-electron chi connectivity index (χ3n) is 3.84. The molecule has 1 unspecified atom stereocenters. The molecule has 0 amide bonds. The second-order valence-electron chi connectivity index (χ2n) is 5.30. The Morgan fingerprint density at radius 3 is 2.40 bits per heavy atom. The van der Waals surface area contributed by atoms with Crippen LogP contribution in [-0.2, 0) is 0 Å². The fourth-order valence-electron chi connectivity index (χ4n) is 2.45. The SMILES string of the molecule is CCCCCC(O)C1(O)CCC(C)CC1. The first-order valence-corrected chi connectivity index (χ1v) is 6.49. The zero-order chi connectivity index (χ0) is 11.3. The van der Waals surface area contributed by atoms with Gasteiger partial charge in [0.25, 0.3) is 0 Å². The van der Waals surface area contributed by atoms with Gasteiger partial charge in [-0.25, -0.2) is 0 Å². The highest BCUT2D eigenvalue weighted by molar-refractivity contribution is 4.90. The Morgan fingerprint density at radius 1 is 1.27 bits per heavy atom. The van der Waals surface area contributed by atoms with Crippen LogP contribution in [0.4, 0.5) is 0 Å². The number of hydrogen-bond donors (Lipinski definition) is 2. The minimum atomic E-state index is -0.778. The third kappa shape index (κ3) is 3.76. The Balaban J connectivity index is 2.33. The van der Waals surface area contributed by atoms with Crippen LogP contribution < -0.4 is 0 Å². The molecule has 0 aliphatic heterocycles. The molecule has 2 N–H and O–H groups in total. The number of unbranched alkanes of at least 4 members (excludes halogenated alkanes) is 2. The standard InChI is InChI=1S/C13H26O2/c1-3-4-5-6-12(14)13(15)9-7-11(2)8-10-13/h11-12,14-15H,3-10H2,1-2H3. The number of rotatable bonds is 5. The van der Waals surface area contributed by atoms with E-state index in [4.69, 9.17) is 0 Å². The van der Waals surface area contributed by atoms with E-state index in [-0.39, 0.29) is 0 Å². The molecule has 0 saturated heterocycles. The Morgan fingerprint density at radius 2 is 1.87 bits per heavy atom. The van der Waals surface area contributed by atoms with Gasteiger partial charge < -0.3 is 10.2 Å². The van der Waals surface area contributed by atoms with Crippen LogP contribution in [0.5, 0.6) is 0 Å². The number of aliphatic hydroxyl groups excluding tert-OH is 1. The van der Waals surface area contributed by atoms with E-state index in [1.807, 2.05) is 0 Å². The van der Waals surface area contributed by atoms with Crippen molar-refractivity contribution in [3.8, 4) is 0 Å². The molecule has 1 aliphatic carbocycles. The summed E-state index contributed by atoms with van der Waals surface area (Å²) in [6.45, 7) is 4.38. The van der Waals surface area contributed by atoms with Crippen molar-refractivity contribution in [3.63, 3.8) is 0 Å². The summed E-state index contributed by atoms with van der Waals surface area (Å²) in [5.74, 6) is 0.716. The number of aliphatic hydroxyl groups is 2. The Labute approximate surface area is 93.7 Å². The van der Waals surface area contributed by atoms with Gasteiger partial charge in [-0.05, 0) is 38.0 Å². The molecule has 0 spiro atoms. The van der Waals surface area contributed by atoms with E-state index >= 15 is 0 Å². The van der Waals surface area contributed by atoms with Crippen molar-refractivity contribution in [1.82, 2.24) is 0 Å². The second-order valence-corrected chi connectivity index (χ2v) is 5.30. The van der Waals surface area contributed by atoms with Gasteiger partial charge in [0, 0.05) is 0 Å². The highest BCUT2D eigenvalue weighted by atomic mass is 16.3. The summed E-state index contributed by atoms with van der Waals surface area (Å²) in [5, 5.41) is 20.3. The molecule has 2 heteroatoms. The van der Waals surface area contributed by atoms with Crippen molar-refractivity contribution in [3.05, 3.63) is 0 Å². The predicted octanol–water partition coefficient (Wildman–Crippen LogP) is 2.87. The van der Waals surface area contributed by atoms with Crippen molar-refractivity contribution < 1.29 is 10.2 Å². The molecule has 0 aromatic rings. The van der Waals surface area contributed by atoms with Gasteiger partial charge in [-0.2, -0.15) is 0 Å². The van der Waals surface area contributed by atoms with Gasteiger partial charge >= 0.3 is 0 Å². The fourth-order valence-corrected chi connectivity index (χ4v) is 2.45. The van der Waals surface area contributed by atoms with E-state index in [9.17, 15) is 10.2 Å². The van der Waals surface area contributed by atoms with Crippen molar-refractivity contribution in [2.45, 2.75) is 76.9 Å². The summed E-state index contributed by atoms with van der Waals surface area (Å²) in [6, 6.07) is 0. The average Bonchev–Trinajstić information content (AvgIpc) is 2.23. The van der Waals surface area contributed by atoms with Gasteiger partial charge in [0.15, 0.2) is 0 Å². The lowest BCUT2D eigenvalue weighted by molar-refractivity contribution is -0.106. The average molecular weight is 214 g/mol. The fraction of sp³-hybridized carbons (Fsp3) is 1.00. The van der Waals surface area contributed by atoms with Crippen LogP contribution in [0.3, 0.4) is 0 Å². The highest BCUT2D eigenvalue weighted by Gasteiger charge is 2.37. The molecule has 90 valence electrons. The van der Waals surface area contributed by atoms with E-state index in [0.717, 1.165) is 44.9 Å². The molecule has 0 radical (unpaired) electrons. The van der Waals surface area contributed by atoms with Crippen molar-refractivity contribution >= 4 is 0 Å². The molecule has 1 rings (SSSR count). The van der Waals surface area contributed by atoms with Crippen LogP contribution >= 0.6 is 0 Å². The molecular formula is C13H26O2. The van der Waals surface area contributed by atoms with Crippen LogP contribution in [0.25, 0.3) is 0 Å². The molecule has 1 atom stereocenters. The Hall–Kier alpha value is -0.0800. The maximum absolute atomic E-state index is 10.3. The van der Waals surface area contributed by atoms with Crippen LogP contribution in [0.15, 0.2) is 0 Å². The molecule has 1 saturated carbocycles. The first-order chi connectivity index (χ1) is 7.08. The molecule has 0 bridgehead atoms. The molecule has 2 nitrogen and oxygen atoms in total. The van der Waals surface area contributed by atoms with Gasteiger partial charge in [0.1, 0.15) is 0 Å². The van der Waals surface area contributed by atoms with E-state index in [1.165, 1.54) is 6.42 Å². The van der Waals surface area contributed by atoms with Crippen LogP contribution in [-0.4, -0.2) is 21.9 Å². The summed E-state index contributed by atoms with van der Waals surface area (Å²) < 4.78 is 0. The van der Waals surface area contributed by atoms with Gasteiger partial charge in [-0.1, -0.05) is 33.1 Å². The van der Waals surface area contributed by atoms with E-state index in [1.54, 1.807) is 0 Å². The molecule has 1 fully saturated rings. The predicted molar refractivity (Wildman–Crippen MR) is 62.7 cm³/mol. The largest absolute Gasteiger partial charge is 0.390 e. The highest BCUT2D eigenvalue weighted by Crippen LogP contribution is 2.35. The lowest BCUT2D eigenvalue weighted by atomic mass is 9.75. The maximum Gasteiger partial charge on any atom is 0.0905 e. The molecule has 1 aliphatic rings. The van der Waals surface area contributed by atoms with Crippen molar-refractivity contribution in [2.75, 3.05) is 0 Å². The first-order valence-electron chi connectivity index (χ1n) is 6.49. The Kier molecular flexibility index (Phi) is 5.07. The lowest BCUT2D eigenvalue weighted by Crippen LogP contribution is -2.45. The number of hydrogen-bond acceptors (Lipinski definition) is 2. The maximum atomic E-state index is 10.3. The molecular weight excluding hydrogens is 188 g/mol. The summed E-state index contributed by atoms with van der Waals surface area (Å²) >= 11 is 0. The zero-order valence-electron chi connectivity index (χ0n) is 10.2. The normalized spacial score (nSPS) is 34.0. The molecule has 15 heavy (non-hydrogen) atoms. The lowest BCUT2D eigenvalue weighted by Gasteiger charge is -2.38. The van der Waals surface area contributed by atoms with Crippen molar-refractivity contribution in [2.24, 2.45) is 5.92 Å². The van der Waals surface area contributed by atoms with Crippen LogP contribution in [0, 0.1) is 5.92 Å². The van der Waals surface area contributed by atoms with E-state index < -0.39 is 11.7 Å². The first kappa shape index (κ1) is 13.0. The summed E-state index contributed by atoms with van der Waals surface area (Å²) in [7, 11) is 0. The third-order valence-corrected chi connectivity index (χ3v) is 3.84. The van der Waals surface area contributed by atoms with E-state index in [0.29, 0.717) is 5.92 Å². The summed E-state index contributed by atoms with van der Waals surface area (Å²) in [6.07, 6.45) is 7.29. The summed E-state index contributed by atoms with van der Waals surface area (Å²) in [5.41, 5.74) is -0.778. The van der Waals surface area contributed by atoms with Gasteiger partial charge in [-0.3, -0.25) is 0 Å². The smallest absolute Gasteiger partial charge is 0.0905 e. The van der Waals surface area contributed by atoms with Gasteiger partial charge in [0.2, 0.25) is 0 Å². The Bertz CT molecular complexity index is 171. The zero-order valence-corrected chi connectivity index (χ0v) is 10.2. The monoisotopic (exact) mass is 214 g/mol. The van der Waals surface area contributed by atoms with Crippen LogP contribution in [0.2, 0.25) is 0 Å². The molecule has 0 aromatic heterocycles. The molecule has 0 aromatic carbocycles. The van der Waals surface area contributed by atoms with Gasteiger partial charge in [-0.15, -0.1) is 0 Å². The van der Waals surface area contributed by atoms with Crippen LogP contribution in [0.1, 0.15) is 65.2 Å². The van der Waals surface area contributed by atoms with Gasteiger partial charge in [0.05, 0.1) is 11.7 Å². The quantitative estimate of drug-likeness (QED) is 0.691. The minimum Gasteiger partial charge on any atom is -0.390 e. The van der Waals surface area contributed by atoms with Crippen molar-refractivity contribution in [1.29, 1.82) is 0 Å².